The second kappa shape index (κ2) is 5.73. The second-order valence-electron chi connectivity index (χ2n) is 6.01. The molecule has 0 bridgehead atoms. The summed E-state index contributed by atoms with van der Waals surface area (Å²) in [7, 11) is 1.38. The van der Waals surface area contributed by atoms with Gasteiger partial charge in [-0.15, -0.1) is 0 Å². The number of para-hydroxylation sites is 3. The maximum Gasteiger partial charge on any atom is 0.329 e. The van der Waals surface area contributed by atoms with E-state index in [0.717, 1.165) is 10.3 Å². The zero-order valence-corrected chi connectivity index (χ0v) is 14.3. The van der Waals surface area contributed by atoms with Crippen molar-refractivity contribution < 1.29 is 4.79 Å². The highest BCUT2D eigenvalue weighted by Crippen LogP contribution is 2.48. The number of anilines is 5. The summed E-state index contributed by atoms with van der Waals surface area (Å²) in [4.78, 5) is 43.4. The third kappa shape index (κ3) is 2.17. The molecule has 7 heteroatoms. The van der Waals surface area contributed by atoms with Gasteiger partial charge in [-0.25, -0.2) is 4.79 Å². The first-order chi connectivity index (χ1) is 12.5. The number of fused-ring (bicyclic) bond motifs is 2. The number of carbonyl (C=O) groups excluding carboxylic acids is 1. The maximum atomic E-state index is 12.9. The lowest BCUT2D eigenvalue weighted by atomic mass is 10.1. The fraction of sp³-hybridized carbons (Fsp3) is 0.105. The summed E-state index contributed by atoms with van der Waals surface area (Å²) in [6.07, 6.45) is 0. The van der Waals surface area contributed by atoms with Gasteiger partial charge in [-0.1, -0.05) is 30.3 Å². The Balaban J connectivity index is 2.15. The summed E-state index contributed by atoms with van der Waals surface area (Å²) in [5.41, 5.74) is 1.10. The fourth-order valence-electron chi connectivity index (χ4n) is 3.22. The van der Waals surface area contributed by atoms with Crippen molar-refractivity contribution in [2.45, 2.75) is 6.92 Å². The van der Waals surface area contributed by atoms with Crippen LogP contribution >= 0.6 is 0 Å². The molecule has 0 atom stereocenters. The van der Waals surface area contributed by atoms with Crippen molar-refractivity contribution >= 4 is 34.5 Å². The zero-order valence-electron chi connectivity index (χ0n) is 14.3. The number of H-pyrrole nitrogens is 1. The van der Waals surface area contributed by atoms with Crippen LogP contribution in [0.4, 0.5) is 28.6 Å². The smallest absolute Gasteiger partial charge is 0.292 e. The van der Waals surface area contributed by atoms with Crippen molar-refractivity contribution in [3.05, 3.63) is 75.4 Å². The number of nitrogens with one attached hydrogen (secondary N) is 1. The largest absolute Gasteiger partial charge is 0.329 e. The van der Waals surface area contributed by atoms with Crippen molar-refractivity contribution in [2.75, 3.05) is 9.80 Å². The second-order valence-corrected chi connectivity index (χ2v) is 6.01. The summed E-state index contributed by atoms with van der Waals surface area (Å²) in [5.74, 6) is -0.0336. The van der Waals surface area contributed by atoms with Crippen LogP contribution in [0.1, 0.15) is 6.92 Å². The molecule has 0 unspecified atom stereocenters. The molecule has 2 heterocycles. The molecule has 0 saturated carbocycles. The number of hydrogen-bond donors (Lipinski definition) is 1. The Morgan fingerprint density at radius 1 is 0.923 bits per heavy atom. The van der Waals surface area contributed by atoms with E-state index in [9.17, 15) is 14.4 Å². The van der Waals surface area contributed by atoms with E-state index in [1.807, 2.05) is 42.5 Å². The van der Waals surface area contributed by atoms with E-state index in [0.29, 0.717) is 11.4 Å². The van der Waals surface area contributed by atoms with Crippen LogP contribution in [0.15, 0.2) is 64.2 Å². The van der Waals surface area contributed by atoms with Gasteiger partial charge in [-0.05, 0) is 24.3 Å². The maximum absolute atomic E-state index is 12.9. The van der Waals surface area contributed by atoms with Gasteiger partial charge in [-0.2, -0.15) is 0 Å². The normalized spacial score (nSPS) is 12.5. The van der Waals surface area contributed by atoms with Gasteiger partial charge < -0.3 is 0 Å². The van der Waals surface area contributed by atoms with Gasteiger partial charge in [0.25, 0.3) is 5.56 Å². The molecule has 0 spiro atoms. The summed E-state index contributed by atoms with van der Waals surface area (Å²) < 4.78 is 0.964. The predicted octanol–water partition coefficient (Wildman–Crippen LogP) is 2.54. The predicted molar refractivity (Wildman–Crippen MR) is 99.8 cm³/mol. The lowest BCUT2D eigenvalue weighted by Gasteiger charge is -2.37. The summed E-state index contributed by atoms with van der Waals surface area (Å²) >= 11 is 0. The Morgan fingerprint density at radius 2 is 1.54 bits per heavy atom. The first-order valence-electron chi connectivity index (χ1n) is 8.09. The highest BCUT2D eigenvalue weighted by atomic mass is 16.2. The lowest BCUT2D eigenvalue weighted by Crippen LogP contribution is -2.42. The van der Waals surface area contributed by atoms with Gasteiger partial charge in [0.15, 0.2) is 5.69 Å². The van der Waals surface area contributed by atoms with Crippen LogP contribution in [-0.2, 0) is 11.8 Å². The molecule has 130 valence electrons. The van der Waals surface area contributed by atoms with E-state index < -0.39 is 11.2 Å². The minimum Gasteiger partial charge on any atom is -0.292 e. The Bertz CT molecular complexity index is 1130. The molecule has 0 saturated heterocycles. The Morgan fingerprint density at radius 3 is 2.19 bits per heavy atom. The Kier molecular flexibility index (Phi) is 3.50. The van der Waals surface area contributed by atoms with E-state index in [1.54, 1.807) is 17.0 Å². The molecule has 4 rings (SSSR count). The highest BCUT2D eigenvalue weighted by molar-refractivity contribution is 6.09. The van der Waals surface area contributed by atoms with Crippen molar-refractivity contribution in [2.24, 2.45) is 7.05 Å². The third-order valence-corrected chi connectivity index (χ3v) is 4.40. The van der Waals surface area contributed by atoms with Crippen LogP contribution in [-0.4, -0.2) is 15.5 Å². The minimum absolute atomic E-state index is 0.127. The van der Waals surface area contributed by atoms with E-state index in [4.69, 9.17) is 0 Å². The fourth-order valence-corrected chi connectivity index (χ4v) is 3.22. The van der Waals surface area contributed by atoms with Crippen LogP contribution < -0.4 is 21.0 Å². The number of rotatable bonds is 1. The lowest BCUT2D eigenvalue weighted by molar-refractivity contribution is -0.115. The van der Waals surface area contributed by atoms with Crippen LogP contribution in [0.5, 0.6) is 0 Å². The van der Waals surface area contributed by atoms with Crippen molar-refractivity contribution in [1.29, 1.82) is 0 Å². The SMILES string of the molecule is CC(=O)N1c2ccccc2N(c2ccccc2)c2[nH]c(=O)n(C)c(=O)c21. The van der Waals surface area contributed by atoms with Crippen molar-refractivity contribution in [3.63, 3.8) is 0 Å². The van der Waals surface area contributed by atoms with Crippen molar-refractivity contribution in [3.8, 4) is 0 Å². The van der Waals surface area contributed by atoms with Crippen molar-refractivity contribution in [1.82, 2.24) is 9.55 Å². The van der Waals surface area contributed by atoms with Gasteiger partial charge in [0, 0.05) is 19.7 Å². The number of aromatic amines is 1. The van der Waals surface area contributed by atoms with Gasteiger partial charge in [-0.3, -0.25) is 28.9 Å². The summed E-state index contributed by atoms with van der Waals surface area (Å²) in [6, 6.07) is 16.6. The molecule has 7 nitrogen and oxygen atoms in total. The molecular formula is C19H16N4O3. The van der Waals surface area contributed by atoms with Gasteiger partial charge in [0.1, 0.15) is 5.82 Å². The first-order valence-corrected chi connectivity index (χ1v) is 8.09. The van der Waals surface area contributed by atoms with Crippen LogP contribution in [0.2, 0.25) is 0 Å². The molecule has 2 aromatic carbocycles. The standard InChI is InChI=1S/C19H16N4O3/c1-12(24)22-14-10-6-7-11-15(14)23(13-8-4-3-5-9-13)17-16(22)18(25)21(2)19(26)20-17/h3-11H,1-2H3,(H,20,26). The number of hydrogen-bond acceptors (Lipinski definition) is 4. The number of aromatic nitrogens is 2. The van der Waals surface area contributed by atoms with Gasteiger partial charge in [0.05, 0.1) is 11.4 Å². The number of benzene rings is 2. The number of nitrogens with zero attached hydrogens (tertiary/aromatic N) is 3. The van der Waals surface area contributed by atoms with E-state index in [-0.39, 0.29) is 17.4 Å². The monoisotopic (exact) mass is 348 g/mol. The van der Waals surface area contributed by atoms with E-state index in [2.05, 4.69) is 4.98 Å². The molecule has 3 aromatic rings. The van der Waals surface area contributed by atoms with E-state index in [1.165, 1.54) is 18.9 Å². The molecule has 1 amide bonds. The van der Waals surface area contributed by atoms with Gasteiger partial charge in [0.2, 0.25) is 5.91 Å². The summed E-state index contributed by atoms with van der Waals surface area (Å²) in [5, 5.41) is 0. The molecule has 0 fully saturated rings. The van der Waals surface area contributed by atoms with Crippen LogP contribution in [0.3, 0.4) is 0 Å². The third-order valence-electron chi connectivity index (χ3n) is 4.40. The number of amides is 1. The topological polar surface area (TPSA) is 78.4 Å². The average molecular weight is 348 g/mol. The minimum atomic E-state index is -0.544. The summed E-state index contributed by atoms with van der Waals surface area (Å²) in [6.45, 7) is 1.39. The van der Waals surface area contributed by atoms with E-state index >= 15 is 0 Å². The van der Waals surface area contributed by atoms with Crippen LogP contribution in [0, 0.1) is 0 Å². The molecule has 1 aromatic heterocycles. The average Bonchev–Trinajstić information content (AvgIpc) is 2.65. The molecule has 0 aliphatic carbocycles. The quantitative estimate of drug-likeness (QED) is 0.733. The first kappa shape index (κ1) is 15.9. The molecule has 1 aliphatic heterocycles. The number of carbonyl (C=O) groups is 1. The molecule has 1 N–H and O–H groups in total. The molecule has 26 heavy (non-hydrogen) atoms. The molecular weight excluding hydrogens is 332 g/mol. The Hall–Kier alpha value is -3.61. The molecule has 1 aliphatic rings. The van der Waals surface area contributed by atoms with Gasteiger partial charge >= 0.3 is 5.69 Å². The molecule has 0 radical (unpaired) electrons. The highest BCUT2D eigenvalue weighted by Gasteiger charge is 2.35. The Labute approximate surface area is 148 Å². The zero-order chi connectivity index (χ0) is 18.4. The van der Waals surface area contributed by atoms with Crippen LogP contribution in [0.25, 0.3) is 0 Å².